The number of phenols is 3. The van der Waals surface area contributed by atoms with Crippen LogP contribution in [0.4, 0.5) is 0 Å². The first-order valence-electron chi connectivity index (χ1n) is 3.59. The Labute approximate surface area is 80.0 Å². The Kier molecular flexibility index (Phi) is 3.08. The van der Waals surface area contributed by atoms with Crippen molar-refractivity contribution >= 4 is 11.6 Å². The van der Waals surface area contributed by atoms with E-state index in [1.165, 1.54) is 0 Å². The number of phenolic OH excluding ortho intramolecular Hbond substituents is 3. The Hall–Kier alpha value is -1.29. The second kappa shape index (κ2) is 4.09. The molecule has 0 heterocycles. The van der Waals surface area contributed by atoms with Crippen molar-refractivity contribution < 1.29 is 20.1 Å². The van der Waals surface area contributed by atoms with Gasteiger partial charge in [-0.2, -0.15) is 0 Å². The summed E-state index contributed by atoms with van der Waals surface area (Å²) in [5, 5.41) is 27.4. The second-order valence-corrected chi connectivity index (χ2v) is 2.73. The fraction of sp³-hybridized carbons (Fsp3) is 0.250. The van der Waals surface area contributed by atoms with Crippen molar-refractivity contribution in [3.8, 4) is 23.0 Å². The molecule has 0 aliphatic carbocycles. The summed E-state index contributed by atoms with van der Waals surface area (Å²) in [6, 6.07) is 2.15. The van der Waals surface area contributed by atoms with E-state index in [1.807, 2.05) is 0 Å². The van der Waals surface area contributed by atoms with Gasteiger partial charge in [0.2, 0.25) is 5.75 Å². The van der Waals surface area contributed by atoms with E-state index in [9.17, 15) is 10.2 Å². The zero-order valence-corrected chi connectivity index (χ0v) is 7.45. The van der Waals surface area contributed by atoms with Gasteiger partial charge in [0.1, 0.15) is 12.4 Å². The van der Waals surface area contributed by atoms with E-state index < -0.39 is 0 Å². The van der Waals surface area contributed by atoms with Gasteiger partial charge in [0.05, 0.1) is 5.88 Å². The molecule has 3 N–H and O–H groups in total. The SMILES string of the molecule is Oc1cc(O)c(OCCCl)c(O)c1. The van der Waals surface area contributed by atoms with Gasteiger partial charge in [0.25, 0.3) is 0 Å². The van der Waals surface area contributed by atoms with Gasteiger partial charge >= 0.3 is 0 Å². The van der Waals surface area contributed by atoms with Crippen LogP contribution in [0.3, 0.4) is 0 Å². The molecule has 13 heavy (non-hydrogen) atoms. The first kappa shape index (κ1) is 9.80. The molecular formula is C8H9ClO4. The van der Waals surface area contributed by atoms with E-state index in [0.717, 1.165) is 12.1 Å². The second-order valence-electron chi connectivity index (χ2n) is 2.35. The van der Waals surface area contributed by atoms with Gasteiger partial charge in [-0.3, -0.25) is 0 Å². The molecule has 0 spiro atoms. The number of aromatic hydroxyl groups is 3. The monoisotopic (exact) mass is 204 g/mol. The predicted molar refractivity (Wildman–Crippen MR) is 47.7 cm³/mol. The molecule has 1 aromatic rings. The van der Waals surface area contributed by atoms with E-state index in [0.29, 0.717) is 0 Å². The highest BCUT2D eigenvalue weighted by atomic mass is 35.5. The van der Waals surface area contributed by atoms with Gasteiger partial charge in [-0.05, 0) is 0 Å². The zero-order chi connectivity index (χ0) is 9.84. The molecule has 0 aromatic heterocycles. The number of hydrogen-bond acceptors (Lipinski definition) is 4. The summed E-state index contributed by atoms with van der Waals surface area (Å²) in [4.78, 5) is 0. The summed E-state index contributed by atoms with van der Waals surface area (Å²) in [5.41, 5.74) is 0. The molecule has 0 bridgehead atoms. The van der Waals surface area contributed by atoms with Crippen molar-refractivity contribution in [3.05, 3.63) is 12.1 Å². The fourth-order valence-electron chi connectivity index (χ4n) is 0.873. The topological polar surface area (TPSA) is 69.9 Å². The molecule has 0 aliphatic rings. The number of hydrogen-bond donors (Lipinski definition) is 3. The van der Waals surface area contributed by atoms with Crippen molar-refractivity contribution in [3.63, 3.8) is 0 Å². The molecule has 1 rings (SSSR count). The highest BCUT2D eigenvalue weighted by Crippen LogP contribution is 2.38. The highest BCUT2D eigenvalue weighted by molar-refractivity contribution is 6.18. The molecule has 0 saturated carbocycles. The lowest BCUT2D eigenvalue weighted by Gasteiger charge is -2.08. The summed E-state index contributed by atoms with van der Waals surface area (Å²) < 4.78 is 4.93. The molecule has 0 radical (unpaired) electrons. The van der Waals surface area contributed by atoms with Gasteiger partial charge < -0.3 is 20.1 Å². The minimum atomic E-state index is -0.317. The Morgan fingerprint density at radius 2 is 1.69 bits per heavy atom. The van der Waals surface area contributed by atoms with E-state index in [4.69, 9.17) is 21.4 Å². The standard InChI is InChI=1S/C8H9ClO4/c9-1-2-13-8-6(11)3-5(10)4-7(8)12/h3-4,10-12H,1-2H2. The van der Waals surface area contributed by atoms with Gasteiger partial charge in [-0.15, -0.1) is 11.6 Å². The van der Waals surface area contributed by atoms with Gasteiger partial charge in [0, 0.05) is 12.1 Å². The number of halogens is 1. The fourth-order valence-corrected chi connectivity index (χ4v) is 0.950. The highest BCUT2D eigenvalue weighted by Gasteiger charge is 2.10. The molecule has 1 aromatic carbocycles. The molecular weight excluding hydrogens is 196 g/mol. The zero-order valence-electron chi connectivity index (χ0n) is 6.70. The van der Waals surface area contributed by atoms with Crippen molar-refractivity contribution in [1.82, 2.24) is 0 Å². The Bertz CT molecular complexity index is 277. The lowest BCUT2D eigenvalue weighted by atomic mass is 10.3. The summed E-state index contributed by atoms with van der Waals surface area (Å²) in [6.07, 6.45) is 0. The van der Waals surface area contributed by atoms with E-state index in [2.05, 4.69) is 0 Å². The number of benzene rings is 1. The molecule has 72 valence electrons. The summed E-state index contributed by atoms with van der Waals surface area (Å²) in [7, 11) is 0. The molecule has 0 atom stereocenters. The molecule has 0 fully saturated rings. The number of alkyl halides is 1. The summed E-state index contributed by atoms with van der Waals surface area (Å²) in [5.74, 6) is -0.684. The van der Waals surface area contributed by atoms with Crippen LogP contribution >= 0.6 is 11.6 Å². The Balaban J connectivity index is 2.92. The van der Waals surface area contributed by atoms with Crippen molar-refractivity contribution in [2.24, 2.45) is 0 Å². The van der Waals surface area contributed by atoms with Gasteiger partial charge in [0.15, 0.2) is 11.5 Å². The van der Waals surface area contributed by atoms with Crippen LogP contribution in [0.5, 0.6) is 23.0 Å². The van der Waals surface area contributed by atoms with Crippen LogP contribution in [0.1, 0.15) is 0 Å². The number of ether oxygens (including phenoxy) is 1. The van der Waals surface area contributed by atoms with Crippen molar-refractivity contribution in [2.75, 3.05) is 12.5 Å². The normalized spacial score (nSPS) is 9.92. The number of rotatable bonds is 3. The maximum absolute atomic E-state index is 9.21. The molecule has 0 aliphatic heterocycles. The third-order valence-corrected chi connectivity index (χ3v) is 1.51. The van der Waals surface area contributed by atoms with Gasteiger partial charge in [-0.1, -0.05) is 0 Å². The average Bonchev–Trinajstić information content (AvgIpc) is 2.02. The quantitative estimate of drug-likeness (QED) is 0.652. The molecule has 4 nitrogen and oxygen atoms in total. The van der Waals surface area contributed by atoms with Crippen LogP contribution in [0.25, 0.3) is 0 Å². The maximum atomic E-state index is 9.21. The molecule has 0 saturated heterocycles. The van der Waals surface area contributed by atoms with Crippen LogP contribution in [0.15, 0.2) is 12.1 Å². The summed E-state index contributed by atoms with van der Waals surface area (Å²) >= 11 is 5.35. The predicted octanol–water partition coefficient (Wildman–Crippen LogP) is 1.42. The molecule has 5 heteroatoms. The van der Waals surface area contributed by atoms with Crippen LogP contribution < -0.4 is 4.74 Å². The largest absolute Gasteiger partial charge is 0.508 e. The first-order chi connectivity index (χ1) is 6.15. The lowest BCUT2D eigenvalue weighted by Crippen LogP contribution is -1.98. The van der Waals surface area contributed by atoms with Gasteiger partial charge in [-0.25, -0.2) is 0 Å². The molecule has 0 amide bonds. The van der Waals surface area contributed by atoms with E-state index in [-0.39, 0.29) is 35.5 Å². The minimum absolute atomic E-state index is 0.0709. The third kappa shape index (κ3) is 2.32. The lowest BCUT2D eigenvalue weighted by molar-refractivity contribution is 0.298. The summed E-state index contributed by atoms with van der Waals surface area (Å²) in [6.45, 7) is 0.174. The average molecular weight is 205 g/mol. The first-order valence-corrected chi connectivity index (χ1v) is 4.12. The molecule has 0 unspecified atom stereocenters. The van der Waals surface area contributed by atoms with Crippen LogP contribution in [-0.4, -0.2) is 27.8 Å². The van der Waals surface area contributed by atoms with Crippen LogP contribution in [-0.2, 0) is 0 Å². The van der Waals surface area contributed by atoms with Crippen LogP contribution in [0.2, 0.25) is 0 Å². The van der Waals surface area contributed by atoms with Crippen LogP contribution in [0, 0.1) is 0 Å². The van der Waals surface area contributed by atoms with Crippen molar-refractivity contribution in [1.29, 1.82) is 0 Å². The van der Waals surface area contributed by atoms with E-state index in [1.54, 1.807) is 0 Å². The smallest absolute Gasteiger partial charge is 0.203 e. The minimum Gasteiger partial charge on any atom is -0.508 e. The van der Waals surface area contributed by atoms with Crippen molar-refractivity contribution in [2.45, 2.75) is 0 Å². The maximum Gasteiger partial charge on any atom is 0.203 e. The van der Waals surface area contributed by atoms with E-state index >= 15 is 0 Å². The Morgan fingerprint density at radius 1 is 1.15 bits per heavy atom. The Morgan fingerprint density at radius 3 is 2.15 bits per heavy atom. The third-order valence-electron chi connectivity index (χ3n) is 1.36.